The molecule has 1 atom stereocenters. The first kappa shape index (κ1) is 28.0. The average molecular weight is 388 g/mol. The van der Waals surface area contributed by atoms with Gasteiger partial charge < -0.3 is 45.2 Å². The van der Waals surface area contributed by atoms with Crippen LogP contribution in [0, 0.1) is 0 Å². The van der Waals surface area contributed by atoms with E-state index < -0.39 is 0 Å². The average Bonchev–Trinajstić information content (AvgIpc) is 2.37. The molecule has 0 amide bonds. The van der Waals surface area contributed by atoms with Crippen molar-refractivity contribution in [2.24, 2.45) is 0 Å². The van der Waals surface area contributed by atoms with Crippen LogP contribution in [0.15, 0.2) is 0 Å². The van der Waals surface area contributed by atoms with Crippen molar-refractivity contribution < 1.29 is 46.5 Å². The van der Waals surface area contributed by atoms with Crippen LogP contribution >= 0.6 is 0 Å². The Morgan fingerprint density at radius 3 is 2.05 bits per heavy atom. The molecule has 1 unspecified atom stereocenters. The van der Waals surface area contributed by atoms with Gasteiger partial charge in [0.2, 0.25) is 0 Å². The second-order valence-corrected chi connectivity index (χ2v) is 5.96. The zero-order valence-corrected chi connectivity index (χ0v) is 17.5. The van der Waals surface area contributed by atoms with Gasteiger partial charge in [0.05, 0.1) is 0 Å². The molecule has 0 aromatic rings. The van der Waals surface area contributed by atoms with Crippen LogP contribution in [0.2, 0.25) is 0 Å². The Balaban J connectivity index is -0.00000120. The molecule has 1 N–H and O–H groups in total. The van der Waals surface area contributed by atoms with Crippen molar-refractivity contribution >= 4 is 0 Å². The van der Waals surface area contributed by atoms with E-state index in [1.54, 1.807) is 0 Å². The van der Waals surface area contributed by atoms with Gasteiger partial charge in [-0.3, -0.25) is 0 Å². The Bertz CT molecular complexity index is 226. The van der Waals surface area contributed by atoms with Gasteiger partial charge in [-0.2, -0.15) is 0 Å². The van der Waals surface area contributed by atoms with Crippen molar-refractivity contribution in [3.63, 3.8) is 0 Å². The molecular weight excluding hydrogens is 355 g/mol. The summed E-state index contributed by atoms with van der Waals surface area (Å²) in [6, 6.07) is 0.508. The molecule has 0 saturated carbocycles. The van der Waals surface area contributed by atoms with Crippen LogP contribution in [0.3, 0.4) is 0 Å². The molecule has 1 heterocycles. The Kier molecular flexibility index (Phi) is 23.5. The number of hydrogen-bond donors (Lipinski definition) is 1. The molecule has 131 valence electrons. The number of rotatable bonds is 0. The molecule has 1 fully saturated rings. The smallest absolute Gasteiger partial charge is 1.00 e. The van der Waals surface area contributed by atoms with Gasteiger partial charge in [0.25, 0.3) is 0 Å². The number of halogens is 2. The predicted molar refractivity (Wildman–Crippen MR) is 84.0 cm³/mol. The number of nitrogens with zero attached hydrogens (tertiary/aromatic N) is 3. The summed E-state index contributed by atoms with van der Waals surface area (Å²) < 4.78 is 0. The first-order valence-corrected chi connectivity index (χ1v) is 7.93. The molecule has 0 spiro atoms. The summed E-state index contributed by atoms with van der Waals surface area (Å²) in [4.78, 5) is 4.90. The minimum atomic E-state index is 0. The van der Waals surface area contributed by atoms with E-state index in [0.29, 0.717) is 6.04 Å². The SMILES string of the molecule is CC1CCNCCCN(C)CCCN(C)CCC[N-]1.[Cl-].[Cl-].[Ti+3]. The second-order valence-electron chi connectivity index (χ2n) is 5.96. The van der Waals surface area contributed by atoms with Crippen LogP contribution in [0.1, 0.15) is 32.6 Å². The predicted octanol–water partition coefficient (Wildman–Crippen LogP) is -4.22. The zero-order valence-electron chi connectivity index (χ0n) is 14.5. The Morgan fingerprint density at radius 2 is 1.41 bits per heavy atom. The van der Waals surface area contributed by atoms with Gasteiger partial charge >= 0.3 is 21.7 Å². The first-order chi connectivity index (χ1) is 9.18. The van der Waals surface area contributed by atoms with Crippen molar-refractivity contribution in [1.82, 2.24) is 15.1 Å². The van der Waals surface area contributed by atoms with E-state index in [2.05, 4.69) is 36.1 Å². The van der Waals surface area contributed by atoms with Crippen molar-refractivity contribution in [1.29, 1.82) is 0 Å². The maximum Gasteiger partial charge on any atom is 3.00 e. The van der Waals surface area contributed by atoms with Gasteiger partial charge in [-0.25, -0.2) is 0 Å². The van der Waals surface area contributed by atoms with E-state index in [1.807, 2.05) is 0 Å². The molecule has 22 heavy (non-hydrogen) atoms. The van der Waals surface area contributed by atoms with Gasteiger partial charge in [0.1, 0.15) is 0 Å². The molecule has 1 saturated heterocycles. The molecule has 1 rings (SSSR count). The first-order valence-electron chi connectivity index (χ1n) is 7.93. The van der Waals surface area contributed by atoms with Gasteiger partial charge in [-0.15, -0.1) is 12.6 Å². The number of nitrogens with one attached hydrogen (secondary N) is 1. The van der Waals surface area contributed by atoms with E-state index >= 15 is 0 Å². The third-order valence-electron chi connectivity index (χ3n) is 3.85. The summed E-state index contributed by atoms with van der Waals surface area (Å²) in [5.41, 5.74) is 0. The molecule has 1 radical (unpaired) electrons. The van der Waals surface area contributed by atoms with Gasteiger partial charge in [0.15, 0.2) is 0 Å². The summed E-state index contributed by atoms with van der Waals surface area (Å²) in [6.07, 6.45) is 4.89. The fourth-order valence-corrected chi connectivity index (χ4v) is 2.49. The fourth-order valence-electron chi connectivity index (χ4n) is 2.49. The summed E-state index contributed by atoms with van der Waals surface area (Å²) >= 11 is 0. The Labute approximate surface area is 165 Å². The van der Waals surface area contributed by atoms with Crippen molar-refractivity contribution in [3.05, 3.63) is 5.32 Å². The van der Waals surface area contributed by atoms with Crippen LogP contribution in [-0.2, 0) is 21.7 Å². The monoisotopic (exact) mass is 387 g/mol. The Hall–Kier alpha value is 1.13. The van der Waals surface area contributed by atoms with Crippen molar-refractivity contribution in [2.45, 2.75) is 38.6 Å². The summed E-state index contributed by atoms with van der Waals surface area (Å²) in [5, 5.41) is 8.26. The number of hydrogen-bond acceptors (Lipinski definition) is 3. The van der Waals surface area contributed by atoms with E-state index in [4.69, 9.17) is 5.32 Å². The van der Waals surface area contributed by atoms with E-state index in [0.717, 1.165) is 19.6 Å². The summed E-state index contributed by atoms with van der Waals surface area (Å²) in [5.74, 6) is 0. The molecule has 1 aliphatic heterocycles. The van der Waals surface area contributed by atoms with Crippen LogP contribution in [0.25, 0.3) is 5.32 Å². The van der Waals surface area contributed by atoms with E-state index in [1.165, 1.54) is 51.9 Å². The third kappa shape index (κ3) is 16.0. The molecule has 0 bridgehead atoms. The fraction of sp³-hybridized carbons (Fsp3) is 1.00. The van der Waals surface area contributed by atoms with Gasteiger partial charge in [0, 0.05) is 0 Å². The normalized spacial score (nSPS) is 24.4. The molecule has 0 aliphatic carbocycles. The summed E-state index contributed by atoms with van der Waals surface area (Å²) in [6.45, 7) is 10.3. The quantitative estimate of drug-likeness (QED) is 0.428. The maximum atomic E-state index is 4.73. The van der Waals surface area contributed by atoms with Crippen molar-refractivity contribution in [3.8, 4) is 0 Å². The second kappa shape index (κ2) is 18.5. The van der Waals surface area contributed by atoms with Crippen LogP contribution in [-0.4, -0.2) is 75.8 Å². The van der Waals surface area contributed by atoms with E-state index in [9.17, 15) is 0 Å². The minimum Gasteiger partial charge on any atom is -1.00 e. The standard InChI is InChI=1S/C15H33N4.2ClH.Ti/c1-15-7-10-16-8-4-11-18(2)13-6-14-19(3)12-5-9-17-15;;;/h15-16H,4-14H2,1-3H3;2*1H;/q-1;;;+3/p-2. The van der Waals surface area contributed by atoms with Crippen LogP contribution in [0.5, 0.6) is 0 Å². The van der Waals surface area contributed by atoms with Gasteiger partial charge in [-0.1, -0.05) is 19.8 Å². The molecule has 1 aliphatic rings. The topological polar surface area (TPSA) is 32.6 Å². The van der Waals surface area contributed by atoms with Crippen LogP contribution in [0.4, 0.5) is 0 Å². The molecule has 4 nitrogen and oxygen atoms in total. The van der Waals surface area contributed by atoms with E-state index in [-0.39, 0.29) is 46.5 Å². The van der Waals surface area contributed by atoms with Crippen molar-refractivity contribution in [2.75, 3.05) is 59.9 Å². The van der Waals surface area contributed by atoms with Gasteiger partial charge in [-0.05, 0) is 66.2 Å². The molecule has 0 aromatic heterocycles. The molecule has 7 heteroatoms. The maximum absolute atomic E-state index is 4.73. The largest absolute Gasteiger partial charge is 3.00 e. The molecule has 0 aromatic carbocycles. The Morgan fingerprint density at radius 1 is 0.864 bits per heavy atom. The zero-order chi connectivity index (χ0) is 13.9. The third-order valence-corrected chi connectivity index (χ3v) is 3.85. The van der Waals surface area contributed by atoms with Crippen LogP contribution < -0.4 is 30.1 Å². The molecular formula is C15H33Cl2N4Ti. The minimum absolute atomic E-state index is 0. The summed E-state index contributed by atoms with van der Waals surface area (Å²) in [7, 11) is 4.47.